The van der Waals surface area contributed by atoms with Crippen molar-refractivity contribution in [1.29, 1.82) is 0 Å². The second kappa shape index (κ2) is 11.6. The molecule has 0 radical (unpaired) electrons. The highest BCUT2D eigenvalue weighted by atomic mass is 16.8. The van der Waals surface area contributed by atoms with Crippen LogP contribution in [0.4, 0.5) is 0 Å². The van der Waals surface area contributed by atoms with Crippen LogP contribution >= 0.6 is 0 Å². The number of fused-ring (bicyclic) bond motifs is 5. The third-order valence-corrected chi connectivity index (χ3v) is 8.07. The molecule has 2 aromatic rings. The van der Waals surface area contributed by atoms with E-state index >= 15 is 0 Å². The van der Waals surface area contributed by atoms with Crippen LogP contribution in [0.1, 0.15) is 23.1 Å². The van der Waals surface area contributed by atoms with Crippen molar-refractivity contribution < 1.29 is 68.5 Å². The van der Waals surface area contributed by atoms with Gasteiger partial charge in [0.1, 0.15) is 54.2 Å². The van der Waals surface area contributed by atoms with Gasteiger partial charge in [0.2, 0.25) is 12.0 Å². The second-order valence-corrected chi connectivity index (χ2v) is 10.6. The molecule has 4 heterocycles. The number of benzene rings is 2. The molecule has 11 atom stereocenters. The molecule has 4 aliphatic heterocycles. The fourth-order valence-corrected chi connectivity index (χ4v) is 5.77. The summed E-state index contributed by atoms with van der Waals surface area (Å²) in [6.07, 6.45) is -13.6. The smallest absolute Gasteiger partial charge is 0.229 e. The normalized spacial score (nSPS) is 37.0. The number of rotatable bonds is 7. The summed E-state index contributed by atoms with van der Waals surface area (Å²) in [5.41, 5.74) is 1.70. The van der Waals surface area contributed by atoms with Crippen LogP contribution in [-0.4, -0.2) is 120 Å². The molecule has 2 fully saturated rings. The molecular weight excluding hydrogens is 560 g/mol. The summed E-state index contributed by atoms with van der Waals surface area (Å²) in [5, 5.41) is 61.1. The molecule has 0 saturated carbocycles. The van der Waals surface area contributed by atoms with Crippen LogP contribution in [0.3, 0.4) is 0 Å². The molecule has 0 aliphatic carbocycles. The van der Waals surface area contributed by atoms with E-state index in [0.29, 0.717) is 29.6 Å². The number of aliphatic hydroxyl groups excluding tert-OH is 6. The summed E-state index contributed by atoms with van der Waals surface area (Å²) in [6, 6.07) is 8.79. The monoisotopic (exact) mass is 594 g/mol. The molecule has 0 aromatic heterocycles. The first-order valence-electron chi connectivity index (χ1n) is 13.5. The Hall–Kier alpha value is -2.92. The Kier molecular flexibility index (Phi) is 8.08. The van der Waals surface area contributed by atoms with Gasteiger partial charge >= 0.3 is 0 Å². The number of hydrogen-bond donors (Lipinski definition) is 6. The average molecular weight is 595 g/mol. The summed E-state index contributed by atoms with van der Waals surface area (Å²) in [4.78, 5) is 0. The molecule has 0 amide bonds. The molecule has 0 bridgehead atoms. The van der Waals surface area contributed by atoms with Crippen LogP contribution in [0.5, 0.6) is 28.7 Å². The van der Waals surface area contributed by atoms with Gasteiger partial charge < -0.3 is 68.5 Å². The molecule has 230 valence electrons. The molecule has 14 heteroatoms. The van der Waals surface area contributed by atoms with Gasteiger partial charge in [0.15, 0.2) is 23.9 Å². The Morgan fingerprint density at radius 1 is 0.857 bits per heavy atom. The van der Waals surface area contributed by atoms with Gasteiger partial charge in [0.05, 0.1) is 40.0 Å². The first kappa shape index (κ1) is 29.2. The molecule has 2 aromatic carbocycles. The lowest BCUT2D eigenvalue weighted by atomic mass is 9.89. The Morgan fingerprint density at radius 2 is 1.64 bits per heavy atom. The zero-order valence-corrected chi connectivity index (χ0v) is 22.8. The molecule has 0 spiro atoms. The van der Waals surface area contributed by atoms with Crippen molar-refractivity contribution in [3.63, 3.8) is 0 Å². The lowest BCUT2D eigenvalue weighted by molar-refractivity contribution is -0.344. The molecule has 6 rings (SSSR count). The maximum atomic E-state index is 10.8. The summed E-state index contributed by atoms with van der Waals surface area (Å²) in [7, 11) is 3.10. The molecule has 6 N–H and O–H groups in total. The van der Waals surface area contributed by atoms with Gasteiger partial charge in [-0.2, -0.15) is 0 Å². The second-order valence-electron chi connectivity index (χ2n) is 10.6. The Labute approximate surface area is 240 Å². The van der Waals surface area contributed by atoms with Crippen molar-refractivity contribution in [1.82, 2.24) is 0 Å². The van der Waals surface area contributed by atoms with Crippen molar-refractivity contribution in [2.24, 2.45) is 0 Å². The zero-order valence-electron chi connectivity index (χ0n) is 22.8. The standard InChI is InChI=1S/C28H34O14/c1-35-16-6-5-12-14-9-37-17-7-11(3-4-13(17)23(14)41-24(12)25(16)36-2)39-28-26(21(33)20(32)18(8-29)40-28)42-27-22(34)19(31)15(30)10-38-27/h3-7,14-15,18-23,26-34H,8-10H2,1-2H3/t14-,15+,18+,19-,20+,21-,22+,23-,26+,27-,28+/m0/s1. The van der Waals surface area contributed by atoms with Crippen LogP contribution in [0.2, 0.25) is 0 Å². The summed E-state index contributed by atoms with van der Waals surface area (Å²) < 4.78 is 46.1. The maximum absolute atomic E-state index is 10.8. The van der Waals surface area contributed by atoms with Crippen LogP contribution in [0.15, 0.2) is 30.3 Å². The quantitative estimate of drug-likeness (QED) is 0.227. The predicted molar refractivity (Wildman–Crippen MR) is 139 cm³/mol. The number of aliphatic hydroxyl groups is 6. The third kappa shape index (κ3) is 4.92. The highest BCUT2D eigenvalue weighted by Crippen LogP contribution is 2.56. The minimum atomic E-state index is -1.66. The van der Waals surface area contributed by atoms with Crippen LogP contribution in [0, 0.1) is 0 Å². The topological polar surface area (TPSA) is 195 Å². The van der Waals surface area contributed by atoms with Gasteiger partial charge in [-0.3, -0.25) is 0 Å². The minimum absolute atomic E-state index is 0.0868. The van der Waals surface area contributed by atoms with Crippen LogP contribution in [0.25, 0.3) is 0 Å². The van der Waals surface area contributed by atoms with E-state index in [1.165, 1.54) is 0 Å². The third-order valence-electron chi connectivity index (χ3n) is 8.07. The fourth-order valence-electron chi connectivity index (χ4n) is 5.77. The molecule has 2 saturated heterocycles. The van der Waals surface area contributed by atoms with Gasteiger partial charge in [-0.05, 0) is 18.2 Å². The molecule has 42 heavy (non-hydrogen) atoms. The maximum Gasteiger partial charge on any atom is 0.229 e. The van der Waals surface area contributed by atoms with E-state index in [1.54, 1.807) is 32.4 Å². The summed E-state index contributed by atoms with van der Waals surface area (Å²) in [5.74, 6) is 2.29. The van der Waals surface area contributed by atoms with Gasteiger partial charge in [-0.1, -0.05) is 6.07 Å². The van der Waals surface area contributed by atoms with Gasteiger partial charge in [-0.25, -0.2) is 0 Å². The molecule has 0 unspecified atom stereocenters. The van der Waals surface area contributed by atoms with Gasteiger partial charge in [0, 0.05) is 17.2 Å². The minimum Gasteiger partial charge on any atom is -0.493 e. The summed E-state index contributed by atoms with van der Waals surface area (Å²) >= 11 is 0. The average Bonchev–Trinajstić information content (AvgIpc) is 3.39. The summed E-state index contributed by atoms with van der Waals surface area (Å²) in [6.45, 7) is -0.645. The molecule has 14 nitrogen and oxygen atoms in total. The van der Waals surface area contributed by atoms with E-state index in [1.807, 2.05) is 12.1 Å². The van der Waals surface area contributed by atoms with Crippen molar-refractivity contribution in [2.75, 3.05) is 34.0 Å². The first-order valence-corrected chi connectivity index (χ1v) is 13.5. The van der Waals surface area contributed by atoms with E-state index in [4.69, 9.17) is 37.9 Å². The largest absolute Gasteiger partial charge is 0.493 e. The lowest BCUT2D eigenvalue weighted by Crippen LogP contribution is -2.63. The Bertz CT molecular complexity index is 1270. The van der Waals surface area contributed by atoms with Gasteiger partial charge in [0.25, 0.3) is 0 Å². The van der Waals surface area contributed by atoms with Crippen molar-refractivity contribution in [2.45, 2.75) is 67.3 Å². The van der Waals surface area contributed by atoms with E-state index < -0.39 is 61.9 Å². The highest BCUT2D eigenvalue weighted by molar-refractivity contribution is 5.61. The fraction of sp³-hybridized carbons (Fsp3) is 0.571. The lowest BCUT2D eigenvalue weighted by Gasteiger charge is -2.44. The van der Waals surface area contributed by atoms with E-state index in [9.17, 15) is 30.6 Å². The van der Waals surface area contributed by atoms with E-state index in [2.05, 4.69) is 0 Å². The van der Waals surface area contributed by atoms with Crippen molar-refractivity contribution in [3.05, 3.63) is 41.5 Å². The van der Waals surface area contributed by atoms with E-state index in [-0.39, 0.29) is 24.4 Å². The van der Waals surface area contributed by atoms with Crippen LogP contribution < -0.4 is 23.7 Å². The zero-order chi connectivity index (χ0) is 29.7. The Balaban J connectivity index is 1.23. The predicted octanol–water partition coefficient (Wildman–Crippen LogP) is -1.04. The Morgan fingerprint density at radius 3 is 2.38 bits per heavy atom. The van der Waals surface area contributed by atoms with Crippen LogP contribution in [-0.2, 0) is 14.2 Å². The van der Waals surface area contributed by atoms with Gasteiger partial charge in [-0.15, -0.1) is 0 Å². The van der Waals surface area contributed by atoms with Crippen molar-refractivity contribution >= 4 is 0 Å². The SMILES string of the molecule is COc1ccc2c(c1OC)O[C@H]1c3ccc(O[C@@H]4O[C@H](CO)[C@@H](O)[C@H](O)[C@H]4O[C@@H]4OC[C@@H](O)[C@H](O)[C@H]4O)cc3OC[C@@H]21. The molecule has 4 aliphatic rings. The number of methoxy groups -OCH3 is 2. The van der Waals surface area contributed by atoms with E-state index in [0.717, 1.165) is 11.1 Å². The first-order chi connectivity index (χ1) is 20.2. The molecular formula is C28H34O14. The highest BCUT2D eigenvalue weighted by Gasteiger charge is 2.50. The number of hydrogen-bond acceptors (Lipinski definition) is 14. The number of ether oxygens (including phenoxy) is 8. The van der Waals surface area contributed by atoms with Crippen molar-refractivity contribution in [3.8, 4) is 28.7 Å².